The second-order valence-corrected chi connectivity index (χ2v) is 10.3. The van der Waals surface area contributed by atoms with Gasteiger partial charge in [0.05, 0.1) is 13.1 Å². The van der Waals surface area contributed by atoms with Crippen molar-refractivity contribution >= 4 is 29.8 Å². The Kier molecular flexibility index (Phi) is 4.95. The fourth-order valence-electron chi connectivity index (χ4n) is 6.42. The summed E-state index contributed by atoms with van der Waals surface area (Å²) in [6.07, 6.45) is 2.65. The van der Waals surface area contributed by atoms with E-state index in [0.717, 1.165) is 35.3 Å². The van der Waals surface area contributed by atoms with Gasteiger partial charge in [-0.1, -0.05) is 12.1 Å². The molecule has 0 radical (unpaired) electrons. The summed E-state index contributed by atoms with van der Waals surface area (Å²) < 4.78 is 0. The van der Waals surface area contributed by atoms with Gasteiger partial charge in [-0.15, -0.1) is 0 Å². The van der Waals surface area contributed by atoms with E-state index in [1.165, 1.54) is 16.8 Å². The van der Waals surface area contributed by atoms with Crippen molar-refractivity contribution in [1.82, 2.24) is 25.3 Å². The number of nitrogens with one attached hydrogen (secondary N) is 3. The Balaban J connectivity index is 1.31. The second kappa shape index (κ2) is 7.79. The molecule has 1 spiro atoms. The second-order valence-electron chi connectivity index (χ2n) is 10.3. The molecule has 14 heteroatoms. The van der Waals surface area contributed by atoms with Gasteiger partial charge < -0.3 is 26.2 Å². The first kappa shape index (κ1) is 23.5. The van der Waals surface area contributed by atoms with Crippen LogP contribution in [0.1, 0.15) is 27.9 Å². The third kappa shape index (κ3) is 3.15. The number of fused-ring (bicyclic) bond motifs is 1. The maximum atomic E-state index is 13.3. The zero-order chi connectivity index (χ0) is 26.3. The Morgan fingerprint density at radius 1 is 1.30 bits per heavy atom. The summed E-state index contributed by atoms with van der Waals surface area (Å²) in [4.78, 5) is 49.5. The number of benzene rings is 1. The van der Waals surface area contributed by atoms with Crippen LogP contribution in [0.25, 0.3) is 0 Å². The van der Waals surface area contributed by atoms with Crippen molar-refractivity contribution in [1.29, 1.82) is 0 Å². The van der Waals surface area contributed by atoms with Crippen LogP contribution < -0.4 is 27.1 Å². The number of carbonyl (C=O) groups excluding carboxylic acids is 3. The molecule has 0 unspecified atom stereocenters. The molecule has 2 fully saturated rings. The Hall–Kier alpha value is -3.91. The first-order chi connectivity index (χ1) is 17.5. The van der Waals surface area contributed by atoms with Gasteiger partial charge in [-0.05, 0) is 36.5 Å². The van der Waals surface area contributed by atoms with E-state index in [4.69, 9.17) is 11.5 Å². The average molecular weight is 513 g/mol. The van der Waals surface area contributed by atoms with E-state index in [-0.39, 0.29) is 31.6 Å². The van der Waals surface area contributed by atoms with Gasteiger partial charge in [0.15, 0.2) is 12.0 Å². The van der Waals surface area contributed by atoms with Crippen molar-refractivity contribution in [3.8, 4) is 0 Å². The molecule has 196 valence electrons. The molecule has 14 nitrogen and oxygen atoms in total. The lowest BCUT2D eigenvalue weighted by atomic mass is 9.84. The molecule has 0 bridgehead atoms. The van der Waals surface area contributed by atoms with Gasteiger partial charge in [0, 0.05) is 12.6 Å². The number of nitrogens with two attached hydrogens (primary N) is 2. The smallest absolute Gasteiger partial charge is 0.343 e. The molecule has 1 aromatic rings. The Morgan fingerprint density at radius 2 is 2.08 bits per heavy atom. The highest BCUT2D eigenvalue weighted by atomic mass is 16.5. The van der Waals surface area contributed by atoms with Crippen LogP contribution in [0.3, 0.4) is 0 Å². The van der Waals surface area contributed by atoms with E-state index in [1.54, 1.807) is 6.07 Å². The van der Waals surface area contributed by atoms with Crippen molar-refractivity contribution in [2.24, 2.45) is 16.5 Å². The summed E-state index contributed by atoms with van der Waals surface area (Å²) in [5.74, 6) is -3.39. The minimum Gasteiger partial charge on any atom is -0.370 e. The molecule has 4 aliphatic heterocycles. The lowest BCUT2D eigenvalue weighted by Crippen LogP contribution is -2.90. The lowest BCUT2D eigenvalue weighted by molar-refractivity contribution is -0.521. The molecule has 0 aromatic heterocycles. The van der Waals surface area contributed by atoms with E-state index in [9.17, 15) is 24.6 Å². The number of aliphatic hydroxyl groups is 2. The first-order valence-corrected chi connectivity index (χ1v) is 12.2. The van der Waals surface area contributed by atoms with Crippen LogP contribution in [0.4, 0.5) is 4.79 Å². The van der Waals surface area contributed by atoms with Crippen molar-refractivity contribution in [3.63, 3.8) is 0 Å². The highest BCUT2D eigenvalue weighted by molar-refractivity contribution is 6.02. The van der Waals surface area contributed by atoms with E-state index >= 15 is 0 Å². The fourth-order valence-corrected chi connectivity index (χ4v) is 6.42. The van der Waals surface area contributed by atoms with Crippen LogP contribution in [-0.4, -0.2) is 111 Å². The third-order valence-electron chi connectivity index (χ3n) is 8.18. The van der Waals surface area contributed by atoms with E-state index in [1.807, 2.05) is 12.1 Å². The molecule has 5 aliphatic rings. The van der Waals surface area contributed by atoms with Gasteiger partial charge in [0.25, 0.3) is 11.6 Å². The van der Waals surface area contributed by atoms with Gasteiger partial charge in [0.1, 0.15) is 18.6 Å². The van der Waals surface area contributed by atoms with Crippen molar-refractivity contribution in [2.45, 2.75) is 48.8 Å². The number of nitrogens with zero attached hydrogens (tertiary/aromatic N) is 4. The molecule has 4 atom stereocenters. The van der Waals surface area contributed by atoms with E-state index in [0.29, 0.717) is 5.56 Å². The summed E-state index contributed by atoms with van der Waals surface area (Å²) in [6, 6.07) is 2.14. The van der Waals surface area contributed by atoms with Crippen LogP contribution in [0.5, 0.6) is 0 Å². The maximum absolute atomic E-state index is 13.3. The molecule has 2 saturated heterocycles. The molecule has 37 heavy (non-hydrogen) atoms. The normalized spacial score (nSPS) is 31.5. The van der Waals surface area contributed by atoms with Crippen LogP contribution >= 0.6 is 0 Å². The van der Waals surface area contributed by atoms with Crippen LogP contribution in [0.2, 0.25) is 0 Å². The molecular formula is C23H30N9O5+. The number of rotatable bonds is 4. The molecule has 4 heterocycles. The molecule has 9 N–H and O–H groups in total. The predicted molar refractivity (Wildman–Crippen MR) is 129 cm³/mol. The zero-order valence-electron chi connectivity index (χ0n) is 20.3. The largest absolute Gasteiger partial charge is 0.370 e. The predicted octanol–water partition coefficient (Wildman–Crippen LogP) is -5.08. The number of carbonyl (C=O) groups is 3. The van der Waals surface area contributed by atoms with Gasteiger partial charge in [-0.25, -0.2) is 15.1 Å². The fraction of sp³-hybridized carbons (Fsp3) is 0.522. The summed E-state index contributed by atoms with van der Waals surface area (Å²) in [7, 11) is 1.52. The number of urea groups is 1. The van der Waals surface area contributed by atoms with Crippen molar-refractivity contribution in [3.05, 3.63) is 34.9 Å². The van der Waals surface area contributed by atoms with Crippen LogP contribution in [0.15, 0.2) is 23.2 Å². The number of guanidine groups is 2. The molecule has 1 aromatic carbocycles. The van der Waals surface area contributed by atoms with Crippen molar-refractivity contribution < 1.29 is 29.6 Å². The Morgan fingerprint density at radius 3 is 2.81 bits per heavy atom. The summed E-state index contributed by atoms with van der Waals surface area (Å²) in [5, 5.41) is 29.0. The Labute approximate surface area is 212 Å². The monoisotopic (exact) mass is 512 g/mol. The Bertz CT molecular complexity index is 1280. The van der Waals surface area contributed by atoms with Gasteiger partial charge in [-0.2, -0.15) is 0 Å². The number of hydrogen-bond acceptors (Lipinski definition) is 10. The maximum Gasteiger partial charge on any atom is 0.343 e. The number of hydrogen-bond donors (Lipinski definition) is 7. The highest BCUT2D eigenvalue weighted by Crippen LogP contribution is 2.41. The number of likely N-dealkylation sites (N-methyl/N-ethyl adjacent to an activating group) is 1. The van der Waals surface area contributed by atoms with E-state index in [2.05, 4.69) is 20.6 Å². The number of amides is 4. The standard InChI is InChI=1S/C23H29N9O5/c1-30-10-16(33)31(21(30)35)8-14-17-22(29-19(24)28-17)23(36,37)15(9-32(22)20(25)26-14)27-18(34)13-7-3-5-11-4-2-6-12(11)13/h3,5,7,14-15,17,36-37H,2,4,6,8-10H2,1H3,(H2,25,26)(H,27,34)(H3,24,28,29)/p+1/t14-,15-,17-,22-/m0/s1. The SMILES string of the molecule is CN1CC(=O)N(C[C@@H]2N=C(N)N3C[C@H](NC(=O)c4cccc5c4CCC5)C(O)(O)[C@@]34NC(N)=[NH+][C@@H]24)C1=O. The molecule has 0 saturated carbocycles. The third-order valence-corrected chi connectivity index (χ3v) is 8.18. The minimum atomic E-state index is -2.58. The number of aryl methyl sites for hydroxylation is 1. The lowest BCUT2D eigenvalue weighted by Gasteiger charge is -2.46. The summed E-state index contributed by atoms with van der Waals surface area (Å²) in [5.41, 5.74) is 13.2. The molecule has 6 rings (SSSR count). The van der Waals surface area contributed by atoms with E-state index < -0.39 is 47.4 Å². The van der Waals surface area contributed by atoms with Crippen LogP contribution in [-0.2, 0) is 17.6 Å². The minimum absolute atomic E-state index is 0.0393. The van der Waals surface area contributed by atoms with Gasteiger partial charge >= 0.3 is 12.0 Å². The van der Waals surface area contributed by atoms with Crippen LogP contribution in [0, 0.1) is 0 Å². The molecule has 4 amide bonds. The molecular weight excluding hydrogens is 482 g/mol. The topological polar surface area (TPSA) is 204 Å². The number of aliphatic imine (C=N–C) groups is 1. The van der Waals surface area contributed by atoms with Crippen molar-refractivity contribution in [2.75, 3.05) is 26.7 Å². The zero-order valence-corrected chi connectivity index (χ0v) is 20.3. The summed E-state index contributed by atoms with van der Waals surface area (Å²) in [6.45, 7) is -0.277. The highest BCUT2D eigenvalue weighted by Gasteiger charge is 2.76. The first-order valence-electron chi connectivity index (χ1n) is 12.2. The average Bonchev–Trinajstić information content (AvgIpc) is 3.57. The van der Waals surface area contributed by atoms with Gasteiger partial charge in [0.2, 0.25) is 11.7 Å². The van der Waals surface area contributed by atoms with Gasteiger partial charge in [-0.3, -0.25) is 30.1 Å². The number of imide groups is 1. The molecule has 1 aliphatic carbocycles. The summed E-state index contributed by atoms with van der Waals surface area (Å²) >= 11 is 0. The quantitative estimate of drug-likeness (QED) is 0.152.